The van der Waals surface area contributed by atoms with Crippen molar-refractivity contribution in [1.29, 1.82) is 0 Å². The second-order valence-electron chi connectivity index (χ2n) is 5.44. The van der Waals surface area contributed by atoms with Crippen molar-refractivity contribution in [3.05, 3.63) is 53.3 Å². The fourth-order valence-electron chi connectivity index (χ4n) is 2.53. The Morgan fingerprint density at radius 2 is 1.95 bits per heavy atom. The number of hydrogen-bond acceptors (Lipinski definition) is 4. The van der Waals surface area contributed by atoms with Crippen LogP contribution >= 0.6 is 0 Å². The van der Waals surface area contributed by atoms with Gasteiger partial charge in [0.2, 0.25) is 5.95 Å². The minimum absolute atomic E-state index is 0.00617. The van der Waals surface area contributed by atoms with Crippen molar-refractivity contribution in [2.75, 3.05) is 19.0 Å². The van der Waals surface area contributed by atoms with E-state index in [1.807, 2.05) is 61.2 Å². The normalized spacial score (nSPS) is 15.0. The lowest BCUT2D eigenvalue weighted by atomic mass is 10.1. The van der Waals surface area contributed by atoms with Gasteiger partial charge in [-0.25, -0.2) is 9.97 Å². The van der Waals surface area contributed by atoms with Crippen LogP contribution < -0.4 is 4.90 Å². The van der Waals surface area contributed by atoms with E-state index < -0.39 is 0 Å². The summed E-state index contributed by atoms with van der Waals surface area (Å²) in [5.41, 5.74) is 2.55. The summed E-state index contributed by atoms with van der Waals surface area (Å²) in [4.78, 5) is 24.9. The maximum atomic E-state index is 12.5. The quantitative estimate of drug-likeness (QED) is 0.866. The van der Waals surface area contributed by atoms with Crippen LogP contribution in [0.3, 0.4) is 0 Å². The number of fused-ring (bicyclic) bond motifs is 1. The standard InChI is InChI=1S/C16H18N4O/c1-11(12-7-5-4-6-8-12)20-10-14-13(15(20)21)9-17-16(18-14)19(2)3/h4-9,11H,10H2,1-3H3/t11-/m0/s1. The van der Waals surface area contributed by atoms with Crippen molar-refractivity contribution in [2.45, 2.75) is 19.5 Å². The highest BCUT2D eigenvalue weighted by molar-refractivity contribution is 5.97. The summed E-state index contributed by atoms with van der Waals surface area (Å²) in [6.45, 7) is 2.58. The summed E-state index contributed by atoms with van der Waals surface area (Å²) in [5.74, 6) is 0.641. The average Bonchev–Trinajstić information content (AvgIpc) is 2.84. The SMILES string of the molecule is C[C@@H](c1ccccc1)N1Cc2nc(N(C)C)ncc2C1=O. The molecule has 0 radical (unpaired) electrons. The lowest BCUT2D eigenvalue weighted by Crippen LogP contribution is -2.27. The molecule has 2 aromatic rings. The van der Waals surface area contributed by atoms with Crippen molar-refractivity contribution >= 4 is 11.9 Å². The second kappa shape index (κ2) is 5.16. The fourth-order valence-corrected chi connectivity index (χ4v) is 2.53. The van der Waals surface area contributed by atoms with Crippen molar-refractivity contribution in [2.24, 2.45) is 0 Å². The summed E-state index contributed by atoms with van der Waals surface area (Å²) < 4.78 is 0. The highest BCUT2D eigenvalue weighted by atomic mass is 16.2. The number of hydrogen-bond donors (Lipinski definition) is 0. The van der Waals surface area contributed by atoms with E-state index in [1.54, 1.807) is 6.20 Å². The highest BCUT2D eigenvalue weighted by Gasteiger charge is 2.33. The zero-order valence-electron chi connectivity index (χ0n) is 12.4. The molecule has 5 nitrogen and oxygen atoms in total. The van der Waals surface area contributed by atoms with Crippen LogP contribution in [-0.2, 0) is 6.54 Å². The van der Waals surface area contributed by atoms with E-state index in [0.29, 0.717) is 18.1 Å². The van der Waals surface area contributed by atoms with Gasteiger partial charge in [0.15, 0.2) is 0 Å². The number of amides is 1. The zero-order chi connectivity index (χ0) is 15.0. The Morgan fingerprint density at radius 1 is 1.24 bits per heavy atom. The van der Waals surface area contributed by atoms with Crippen molar-refractivity contribution in [1.82, 2.24) is 14.9 Å². The molecule has 0 aliphatic carbocycles. The third kappa shape index (κ3) is 2.35. The first-order valence-electron chi connectivity index (χ1n) is 6.97. The van der Waals surface area contributed by atoms with E-state index in [4.69, 9.17) is 0 Å². The highest BCUT2D eigenvalue weighted by Crippen LogP contribution is 2.30. The van der Waals surface area contributed by atoms with Gasteiger partial charge in [-0.2, -0.15) is 0 Å². The first-order chi connectivity index (χ1) is 10.1. The molecular formula is C16H18N4O. The molecule has 2 heterocycles. The van der Waals surface area contributed by atoms with Crippen LogP contribution in [0.4, 0.5) is 5.95 Å². The topological polar surface area (TPSA) is 49.3 Å². The Bertz CT molecular complexity index is 669. The van der Waals surface area contributed by atoms with Gasteiger partial charge in [0, 0.05) is 20.3 Å². The van der Waals surface area contributed by atoms with Crippen molar-refractivity contribution in [3.63, 3.8) is 0 Å². The summed E-state index contributed by atoms with van der Waals surface area (Å²) >= 11 is 0. The molecule has 1 aliphatic heterocycles. The number of rotatable bonds is 3. The van der Waals surface area contributed by atoms with Crippen LogP contribution in [0, 0.1) is 0 Å². The Morgan fingerprint density at radius 3 is 2.62 bits per heavy atom. The lowest BCUT2D eigenvalue weighted by molar-refractivity contribution is 0.0715. The molecule has 1 aliphatic rings. The van der Waals surface area contributed by atoms with Crippen molar-refractivity contribution < 1.29 is 4.79 Å². The van der Waals surface area contributed by atoms with Crippen molar-refractivity contribution in [3.8, 4) is 0 Å². The van der Waals surface area contributed by atoms with E-state index in [1.165, 1.54) is 0 Å². The Labute approximate surface area is 124 Å². The maximum Gasteiger partial charge on any atom is 0.258 e. The fraction of sp³-hybridized carbons (Fsp3) is 0.312. The molecule has 3 rings (SSSR count). The van der Waals surface area contributed by atoms with Gasteiger partial charge in [-0.15, -0.1) is 0 Å². The predicted octanol–water partition coefficient (Wildman–Crippen LogP) is 2.26. The zero-order valence-corrected chi connectivity index (χ0v) is 12.4. The molecule has 0 N–H and O–H groups in total. The van der Waals surface area contributed by atoms with Crippen LogP contribution in [0.1, 0.15) is 34.6 Å². The maximum absolute atomic E-state index is 12.5. The van der Waals surface area contributed by atoms with Gasteiger partial charge in [0.05, 0.1) is 23.8 Å². The van der Waals surface area contributed by atoms with Gasteiger partial charge >= 0.3 is 0 Å². The summed E-state index contributed by atoms with van der Waals surface area (Å²) in [5, 5.41) is 0. The van der Waals surface area contributed by atoms with E-state index in [0.717, 1.165) is 11.3 Å². The number of carbonyl (C=O) groups excluding carboxylic acids is 1. The van der Waals surface area contributed by atoms with Gasteiger partial charge in [-0.1, -0.05) is 30.3 Å². The molecule has 108 valence electrons. The van der Waals surface area contributed by atoms with Crippen LogP contribution in [0.2, 0.25) is 0 Å². The first-order valence-corrected chi connectivity index (χ1v) is 6.97. The second-order valence-corrected chi connectivity index (χ2v) is 5.44. The molecular weight excluding hydrogens is 264 g/mol. The summed E-state index contributed by atoms with van der Waals surface area (Å²) in [6.07, 6.45) is 1.64. The Hall–Kier alpha value is -2.43. The number of benzene rings is 1. The smallest absolute Gasteiger partial charge is 0.258 e. The first kappa shape index (κ1) is 13.5. The number of anilines is 1. The molecule has 0 unspecified atom stereocenters. The minimum atomic E-state index is 0.00617. The largest absolute Gasteiger partial charge is 0.347 e. The third-order valence-corrected chi connectivity index (χ3v) is 3.82. The van der Waals surface area contributed by atoms with E-state index in [9.17, 15) is 4.79 Å². The average molecular weight is 282 g/mol. The van der Waals surface area contributed by atoms with Gasteiger partial charge in [0.1, 0.15) is 0 Å². The Kier molecular flexibility index (Phi) is 3.33. The van der Waals surface area contributed by atoms with E-state index in [-0.39, 0.29) is 11.9 Å². The molecule has 1 atom stereocenters. The van der Waals surface area contributed by atoms with Crippen LogP contribution in [0.5, 0.6) is 0 Å². The molecule has 0 saturated heterocycles. The Balaban J connectivity index is 1.90. The van der Waals surface area contributed by atoms with E-state index in [2.05, 4.69) is 9.97 Å². The monoisotopic (exact) mass is 282 g/mol. The molecule has 1 aromatic carbocycles. The molecule has 5 heteroatoms. The third-order valence-electron chi connectivity index (χ3n) is 3.82. The van der Waals surface area contributed by atoms with Gasteiger partial charge in [-0.3, -0.25) is 4.79 Å². The van der Waals surface area contributed by atoms with Gasteiger partial charge in [-0.05, 0) is 12.5 Å². The lowest BCUT2D eigenvalue weighted by Gasteiger charge is -2.24. The number of nitrogens with zero attached hydrogens (tertiary/aromatic N) is 4. The van der Waals surface area contributed by atoms with E-state index >= 15 is 0 Å². The molecule has 0 fully saturated rings. The predicted molar refractivity (Wildman–Crippen MR) is 81.1 cm³/mol. The van der Waals surface area contributed by atoms with Crippen LogP contribution in [0.15, 0.2) is 36.5 Å². The minimum Gasteiger partial charge on any atom is -0.347 e. The van der Waals surface area contributed by atoms with Gasteiger partial charge in [0.25, 0.3) is 5.91 Å². The molecule has 0 bridgehead atoms. The number of carbonyl (C=O) groups is 1. The number of aromatic nitrogens is 2. The van der Waals surface area contributed by atoms with Crippen LogP contribution in [0.25, 0.3) is 0 Å². The molecule has 21 heavy (non-hydrogen) atoms. The molecule has 0 spiro atoms. The molecule has 1 amide bonds. The van der Waals surface area contributed by atoms with Crippen LogP contribution in [-0.4, -0.2) is 34.9 Å². The summed E-state index contributed by atoms with van der Waals surface area (Å²) in [7, 11) is 3.78. The molecule has 0 saturated carbocycles. The van der Waals surface area contributed by atoms with Gasteiger partial charge < -0.3 is 9.80 Å². The molecule has 1 aromatic heterocycles. The summed E-state index contributed by atoms with van der Waals surface area (Å²) in [6, 6.07) is 10.1.